The Morgan fingerprint density at radius 3 is 3.12 bits per heavy atom. The van der Waals surface area contributed by atoms with E-state index < -0.39 is 6.04 Å². The molecule has 1 aromatic heterocycles. The molecule has 8 heteroatoms. The fraction of sp³-hybridized carbons (Fsp3) is 0.500. The molecule has 1 unspecified atom stereocenters. The first-order valence-electron chi connectivity index (χ1n) is 7.81. The quantitative estimate of drug-likeness (QED) is 0.732. The minimum Gasteiger partial charge on any atom is -0.351 e. The summed E-state index contributed by atoms with van der Waals surface area (Å²) < 4.78 is 0. The van der Waals surface area contributed by atoms with Crippen LogP contribution in [0.25, 0.3) is 0 Å². The summed E-state index contributed by atoms with van der Waals surface area (Å²) in [4.78, 5) is 29.6. The van der Waals surface area contributed by atoms with Crippen molar-refractivity contribution in [2.75, 3.05) is 18.1 Å². The average Bonchev–Trinajstić information content (AvgIpc) is 3.08. The Morgan fingerprint density at radius 1 is 1.58 bits per heavy atom. The Morgan fingerprint density at radius 2 is 2.42 bits per heavy atom. The Bertz CT molecular complexity index is 604. The van der Waals surface area contributed by atoms with Gasteiger partial charge in [-0.25, -0.2) is 0 Å². The van der Waals surface area contributed by atoms with Crippen molar-refractivity contribution >= 4 is 23.6 Å². The highest BCUT2D eigenvalue weighted by atomic mass is 32.2. The summed E-state index contributed by atoms with van der Waals surface area (Å²) >= 11 is 1.32. The van der Waals surface area contributed by atoms with Crippen LogP contribution in [0, 0.1) is 11.3 Å². The molecule has 2 amide bonds. The highest BCUT2D eigenvalue weighted by molar-refractivity contribution is 8.00. The molecule has 0 saturated carbocycles. The van der Waals surface area contributed by atoms with Crippen LogP contribution in [-0.4, -0.2) is 51.8 Å². The Balaban J connectivity index is 1.66. The summed E-state index contributed by atoms with van der Waals surface area (Å²) in [5, 5.41) is 11.8. The zero-order valence-electron chi connectivity index (χ0n) is 13.4. The summed E-state index contributed by atoms with van der Waals surface area (Å²) in [6, 6.07) is 4.78. The fourth-order valence-corrected chi connectivity index (χ4v) is 3.28. The number of carbonyl (C=O) groups is 2. The summed E-state index contributed by atoms with van der Waals surface area (Å²) in [5.74, 6) is 0.276. The number of rotatable bonds is 7. The Labute approximate surface area is 145 Å². The van der Waals surface area contributed by atoms with Crippen LogP contribution >= 0.6 is 11.8 Å². The van der Waals surface area contributed by atoms with Crippen LogP contribution in [-0.2, 0) is 16.1 Å². The van der Waals surface area contributed by atoms with Gasteiger partial charge in [0.15, 0.2) is 0 Å². The number of aromatic nitrogens is 1. The maximum Gasteiger partial charge on any atom is 0.241 e. The molecular formula is C16H21N5O2S. The second-order valence-corrected chi connectivity index (χ2v) is 6.61. The molecule has 24 heavy (non-hydrogen) atoms. The highest BCUT2D eigenvalue weighted by Crippen LogP contribution is 2.18. The van der Waals surface area contributed by atoms with Crippen LogP contribution in [0.2, 0.25) is 0 Å². The number of nitrogens with zero attached hydrogens (tertiary/aromatic N) is 3. The molecule has 1 fully saturated rings. The predicted octanol–water partition coefficient (Wildman–Crippen LogP) is 0.273. The van der Waals surface area contributed by atoms with Crippen molar-refractivity contribution in [3.8, 4) is 6.07 Å². The van der Waals surface area contributed by atoms with Crippen LogP contribution in [0.1, 0.15) is 18.4 Å². The van der Waals surface area contributed by atoms with Gasteiger partial charge >= 0.3 is 0 Å². The largest absolute Gasteiger partial charge is 0.351 e. The van der Waals surface area contributed by atoms with E-state index in [0.29, 0.717) is 25.3 Å². The van der Waals surface area contributed by atoms with Gasteiger partial charge in [0.2, 0.25) is 11.8 Å². The molecule has 1 aliphatic heterocycles. The van der Waals surface area contributed by atoms with Gasteiger partial charge in [-0.15, -0.1) is 11.8 Å². The Hall–Kier alpha value is -2.11. The summed E-state index contributed by atoms with van der Waals surface area (Å²) in [6.45, 7) is 1.01. The SMILES string of the molecule is N#CC1CCCN1C(=O)[C@@H](N)CSCC(=O)NCc1cccnc1. The van der Waals surface area contributed by atoms with Crippen molar-refractivity contribution < 1.29 is 9.59 Å². The second-order valence-electron chi connectivity index (χ2n) is 5.58. The van der Waals surface area contributed by atoms with E-state index in [1.165, 1.54) is 11.8 Å². The van der Waals surface area contributed by atoms with E-state index in [9.17, 15) is 9.59 Å². The molecule has 0 radical (unpaired) electrons. The second kappa shape index (κ2) is 9.25. The number of nitrogens with one attached hydrogen (secondary N) is 1. The van der Waals surface area contributed by atoms with Gasteiger partial charge in [-0.1, -0.05) is 6.07 Å². The minimum atomic E-state index is -0.685. The van der Waals surface area contributed by atoms with Gasteiger partial charge in [0.1, 0.15) is 6.04 Å². The van der Waals surface area contributed by atoms with E-state index in [1.807, 2.05) is 12.1 Å². The maximum atomic E-state index is 12.2. The first kappa shape index (κ1) is 18.2. The molecule has 1 saturated heterocycles. The fourth-order valence-electron chi connectivity index (χ4n) is 2.48. The minimum absolute atomic E-state index is 0.112. The average molecular weight is 347 g/mol. The van der Waals surface area contributed by atoms with Gasteiger partial charge in [0.25, 0.3) is 0 Å². The van der Waals surface area contributed by atoms with E-state index in [0.717, 1.165) is 12.0 Å². The van der Waals surface area contributed by atoms with E-state index in [-0.39, 0.29) is 23.6 Å². The van der Waals surface area contributed by atoms with E-state index >= 15 is 0 Å². The normalized spacial score (nSPS) is 18.0. The number of carbonyl (C=O) groups excluding carboxylic acids is 2. The smallest absolute Gasteiger partial charge is 0.241 e. The van der Waals surface area contributed by atoms with Gasteiger partial charge in [0.05, 0.1) is 17.9 Å². The predicted molar refractivity (Wildman–Crippen MR) is 91.7 cm³/mol. The lowest BCUT2D eigenvalue weighted by Crippen LogP contribution is -2.47. The standard InChI is InChI=1S/C16H21N5O2S/c17-7-13-4-2-6-21(13)16(23)14(18)10-24-11-15(22)20-9-12-3-1-5-19-8-12/h1,3,5,8,13-14H,2,4,6,9-11,18H2,(H,20,22)/t13?,14-/m0/s1. The number of hydrogen-bond donors (Lipinski definition) is 2. The van der Waals surface area contributed by atoms with Crippen LogP contribution in [0.4, 0.5) is 0 Å². The molecule has 2 rings (SSSR count). The van der Waals surface area contributed by atoms with E-state index in [2.05, 4.69) is 16.4 Å². The number of thioether (sulfide) groups is 1. The summed E-state index contributed by atoms with van der Waals surface area (Å²) in [5.41, 5.74) is 6.83. The molecule has 1 aromatic rings. The molecule has 0 spiro atoms. The first-order chi connectivity index (χ1) is 11.6. The zero-order valence-corrected chi connectivity index (χ0v) is 14.2. The molecule has 0 bridgehead atoms. The lowest BCUT2D eigenvalue weighted by atomic mass is 10.2. The van der Waals surface area contributed by atoms with Gasteiger partial charge in [0, 0.05) is 31.2 Å². The summed E-state index contributed by atoms with van der Waals surface area (Å²) in [7, 11) is 0. The van der Waals surface area contributed by atoms with Crippen molar-refractivity contribution in [2.24, 2.45) is 5.73 Å². The van der Waals surface area contributed by atoms with Crippen molar-refractivity contribution in [3.63, 3.8) is 0 Å². The number of nitriles is 1. The molecular weight excluding hydrogens is 326 g/mol. The van der Waals surface area contributed by atoms with Gasteiger partial charge in [-0.05, 0) is 24.5 Å². The number of nitrogens with two attached hydrogens (primary N) is 1. The third kappa shape index (κ3) is 5.22. The molecule has 128 valence electrons. The topological polar surface area (TPSA) is 112 Å². The molecule has 2 atom stereocenters. The van der Waals surface area contributed by atoms with Crippen LogP contribution in [0.5, 0.6) is 0 Å². The van der Waals surface area contributed by atoms with Crippen LogP contribution in [0.3, 0.4) is 0 Å². The van der Waals surface area contributed by atoms with Crippen molar-refractivity contribution in [3.05, 3.63) is 30.1 Å². The number of hydrogen-bond acceptors (Lipinski definition) is 6. The summed E-state index contributed by atoms with van der Waals surface area (Å²) in [6.07, 6.45) is 4.92. The molecule has 2 heterocycles. The van der Waals surface area contributed by atoms with Crippen molar-refractivity contribution in [2.45, 2.75) is 31.5 Å². The highest BCUT2D eigenvalue weighted by Gasteiger charge is 2.31. The lowest BCUT2D eigenvalue weighted by Gasteiger charge is -2.23. The van der Waals surface area contributed by atoms with Crippen molar-refractivity contribution in [1.29, 1.82) is 5.26 Å². The van der Waals surface area contributed by atoms with Gasteiger partial charge < -0.3 is 16.0 Å². The molecule has 1 aliphatic rings. The monoisotopic (exact) mass is 347 g/mol. The van der Waals surface area contributed by atoms with Crippen LogP contribution < -0.4 is 11.1 Å². The van der Waals surface area contributed by atoms with Gasteiger partial charge in [-0.3, -0.25) is 14.6 Å². The van der Waals surface area contributed by atoms with E-state index in [1.54, 1.807) is 17.3 Å². The third-order valence-corrected chi connectivity index (χ3v) is 4.81. The molecule has 7 nitrogen and oxygen atoms in total. The van der Waals surface area contributed by atoms with E-state index in [4.69, 9.17) is 11.0 Å². The number of pyridine rings is 1. The molecule has 0 aromatic carbocycles. The van der Waals surface area contributed by atoms with Gasteiger partial charge in [-0.2, -0.15) is 5.26 Å². The zero-order chi connectivity index (χ0) is 17.4. The van der Waals surface area contributed by atoms with Crippen LogP contribution in [0.15, 0.2) is 24.5 Å². The maximum absolute atomic E-state index is 12.2. The third-order valence-electron chi connectivity index (χ3n) is 3.75. The Kier molecular flexibility index (Phi) is 7.03. The molecule has 0 aliphatic carbocycles. The molecule has 3 N–H and O–H groups in total. The lowest BCUT2D eigenvalue weighted by molar-refractivity contribution is -0.132. The number of amides is 2. The first-order valence-corrected chi connectivity index (χ1v) is 8.96. The number of likely N-dealkylation sites (tertiary alicyclic amines) is 1. The van der Waals surface area contributed by atoms with Crippen molar-refractivity contribution in [1.82, 2.24) is 15.2 Å².